The number of carbonyl (C=O) groups excluding carboxylic acids is 2. The summed E-state index contributed by atoms with van der Waals surface area (Å²) in [5.74, 6) is -0.360. The van der Waals surface area contributed by atoms with Gasteiger partial charge in [-0.05, 0) is 12.0 Å². The molecule has 0 spiro atoms. The molecule has 1 heterocycles. The largest absolute Gasteiger partial charge is 0.460 e. The summed E-state index contributed by atoms with van der Waals surface area (Å²) in [5, 5.41) is 10.1. The smallest absolute Gasteiger partial charge is 0.332 e. The van der Waals surface area contributed by atoms with Crippen LogP contribution in [0.25, 0.3) is 0 Å². The Balaban J connectivity index is 1.98. The third-order valence-electron chi connectivity index (χ3n) is 3.33. The number of nitrogens with zero attached hydrogens (tertiary/aromatic N) is 1. The van der Waals surface area contributed by atoms with E-state index < -0.39 is 12.1 Å². The summed E-state index contributed by atoms with van der Waals surface area (Å²) in [6.45, 7) is 2.20. The molecule has 1 aromatic carbocycles. The first-order valence-electron chi connectivity index (χ1n) is 7.02. The third kappa shape index (κ3) is 3.59. The van der Waals surface area contributed by atoms with Gasteiger partial charge in [0.1, 0.15) is 12.6 Å². The fourth-order valence-electron chi connectivity index (χ4n) is 2.19. The normalized spacial score (nSPS) is 17.8. The molecule has 1 atom stereocenters. The fraction of sp³-hybridized carbons (Fsp3) is 0.400. The molecular formula is C15H19N3O3. The zero-order chi connectivity index (χ0) is 15.2. The fourth-order valence-corrected chi connectivity index (χ4v) is 2.19. The molecule has 1 unspecified atom stereocenters. The van der Waals surface area contributed by atoms with Gasteiger partial charge in [0.15, 0.2) is 0 Å². The van der Waals surface area contributed by atoms with E-state index in [1.807, 2.05) is 37.3 Å². The minimum atomic E-state index is -0.638. The predicted molar refractivity (Wildman–Crippen MR) is 77.6 cm³/mol. The second-order valence-corrected chi connectivity index (χ2v) is 4.90. The number of hydrogen-bond acceptors (Lipinski definition) is 4. The van der Waals surface area contributed by atoms with Crippen LogP contribution in [0.5, 0.6) is 0 Å². The summed E-state index contributed by atoms with van der Waals surface area (Å²) in [6.07, 6.45) is 2.27. The monoisotopic (exact) mass is 289 g/mol. The predicted octanol–water partition coefficient (Wildman–Crippen LogP) is 2.25. The number of rotatable bonds is 5. The molecule has 1 aliphatic heterocycles. The zero-order valence-electron chi connectivity index (χ0n) is 12.0. The molecule has 6 nitrogen and oxygen atoms in total. The van der Waals surface area contributed by atoms with E-state index in [2.05, 4.69) is 5.32 Å². The first-order chi connectivity index (χ1) is 10.1. The molecule has 2 N–H and O–H groups in total. The second kappa shape index (κ2) is 6.88. The highest BCUT2D eigenvalue weighted by Crippen LogP contribution is 2.16. The lowest BCUT2D eigenvalue weighted by molar-refractivity contribution is -0.121. The minimum absolute atomic E-state index is 0.193. The van der Waals surface area contributed by atoms with Gasteiger partial charge in [-0.15, -0.1) is 0 Å². The van der Waals surface area contributed by atoms with Crippen LogP contribution in [0.15, 0.2) is 30.3 Å². The van der Waals surface area contributed by atoms with Crippen molar-refractivity contribution in [1.29, 1.82) is 5.41 Å². The summed E-state index contributed by atoms with van der Waals surface area (Å²) in [7, 11) is 0. The van der Waals surface area contributed by atoms with Crippen molar-refractivity contribution in [2.24, 2.45) is 0 Å². The van der Waals surface area contributed by atoms with E-state index in [-0.39, 0.29) is 18.5 Å². The molecule has 21 heavy (non-hydrogen) atoms. The third-order valence-corrected chi connectivity index (χ3v) is 3.33. The molecule has 0 aromatic heterocycles. The van der Waals surface area contributed by atoms with E-state index in [1.54, 1.807) is 0 Å². The number of hydrogen-bond donors (Lipinski definition) is 2. The summed E-state index contributed by atoms with van der Waals surface area (Å²) in [4.78, 5) is 24.6. The maximum Gasteiger partial charge on any atom is 0.332 e. The first kappa shape index (κ1) is 15.0. The van der Waals surface area contributed by atoms with Crippen LogP contribution in [0.3, 0.4) is 0 Å². The van der Waals surface area contributed by atoms with Gasteiger partial charge in [-0.25, -0.2) is 9.69 Å². The number of unbranched alkanes of at least 4 members (excludes halogenated alkanes) is 1. The minimum Gasteiger partial charge on any atom is -0.460 e. The van der Waals surface area contributed by atoms with Gasteiger partial charge in [0.25, 0.3) is 11.9 Å². The van der Waals surface area contributed by atoms with E-state index in [0.717, 1.165) is 23.3 Å². The van der Waals surface area contributed by atoms with Gasteiger partial charge in [-0.1, -0.05) is 50.1 Å². The van der Waals surface area contributed by atoms with Crippen LogP contribution in [0.4, 0.5) is 4.79 Å². The number of urea groups is 1. The summed E-state index contributed by atoms with van der Waals surface area (Å²) >= 11 is 0. The number of ether oxygens (including phenoxy) is 1. The molecule has 1 fully saturated rings. The van der Waals surface area contributed by atoms with Crippen molar-refractivity contribution < 1.29 is 14.3 Å². The molecule has 1 aromatic rings. The molecule has 0 aliphatic carbocycles. The van der Waals surface area contributed by atoms with Crippen molar-refractivity contribution >= 4 is 18.0 Å². The zero-order valence-corrected chi connectivity index (χ0v) is 12.0. The van der Waals surface area contributed by atoms with Crippen LogP contribution in [0, 0.1) is 5.41 Å². The average Bonchev–Trinajstić information content (AvgIpc) is 2.77. The highest BCUT2D eigenvalue weighted by molar-refractivity contribution is 6.10. The molecule has 3 amide bonds. The van der Waals surface area contributed by atoms with E-state index >= 15 is 0 Å². The van der Waals surface area contributed by atoms with Crippen molar-refractivity contribution in [3.63, 3.8) is 0 Å². The molecule has 0 radical (unpaired) electrons. The molecule has 2 rings (SSSR count). The molecular weight excluding hydrogens is 270 g/mol. The SMILES string of the molecule is CCCCC1C(=O)NC(=O)N1C(=N)OCc1ccccc1. The van der Waals surface area contributed by atoms with Crippen molar-refractivity contribution in [1.82, 2.24) is 10.2 Å². The number of nitrogens with one attached hydrogen (secondary N) is 2. The van der Waals surface area contributed by atoms with Crippen molar-refractivity contribution in [3.8, 4) is 0 Å². The quantitative estimate of drug-likeness (QED) is 0.495. The van der Waals surface area contributed by atoms with Crippen LogP contribution in [-0.4, -0.2) is 28.9 Å². The summed E-state index contributed by atoms with van der Waals surface area (Å²) in [5.41, 5.74) is 0.901. The van der Waals surface area contributed by atoms with Crippen molar-refractivity contribution in [2.75, 3.05) is 0 Å². The van der Waals surface area contributed by atoms with Crippen molar-refractivity contribution in [2.45, 2.75) is 38.8 Å². The lowest BCUT2D eigenvalue weighted by Gasteiger charge is -2.21. The van der Waals surface area contributed by atoms with Gasteiger partial charge in [0.05, 0.1) is 0 Å². The summed E-state index contributed by atoms with van der Waals surface area (Å²) in [6, 6.07) is 7.87. The van der Waals surface area contributed by atoms with Gasteiger partial charge in [0.2, 0.25) is 0 Å². The van der Waals surface area contributed by atoms with Crippen LogP contribution < -0.4 is 5.32 Å². The Morgan fingerprint density at radius 3 is 2.71 bits per heavy atom. The Morgan fingerprint density at radius 1 is 1.33 bits per heavy atom. The highest BCUT2D eigenvalue weighted by atomic mass is 16.5. The van der Waals surface area contributed by atoms with Crippen LogP contribution in [-0.2, 0) is 16.1 Å². The number of benzene rings is 1. The Hall–Kier alpha value is -2.37. The lowest BCUT2D eigenvalue weighted by Crippen LogP contribution is -2.41. The van der Waals surface area contributed by atoms with Gasteiger partial charge >= 0.3 is 6.03 Å². The Labute approximate surface area is 123 Å². The first-order valence-corrected chi connectivity index (χ1v) is 7.02. The lowest BCUT2D eigenvalue weighted by atomic mass is 10.1. The molecule has 0 saturated carbocycles. The highest BCUT2D eigenvalue weighted by Gasteiger charge is 2.41. The number of amidine groups is 1. The molecule has 1 saturated heterocycles. The van der Waals surface area contributed by atoms with Gasteiger partial charge < -0.3 is 4.74 Å². The Morgan fingerprint density at radius 2 is 2.05 bits per heavy atom. The molecule has 1 aliphatic rings. The van der Waals surface area contributed by atoms with Crippen molar-refractivity contribution in [3.05, 3.63) is 35.9 Å². The van der Waals surface area contributed by atoms with Crippen LogP contribution in [0.1, 0.15) is 31.7 Å². The van der Waals surface area contributed by atoms with Gasteiger partial charge in [-0.2, -0.15) is 0 Å². The van der Waals surface area contributed by atoms with Gasteiger partial charge in [0, 0.05) is 0 Å². The number of imide groups is 1. The Bertz CT molecular complexity index is 530. The maximum absolute atomic E-state index is 11.8. The van der Waals surface area contributed by atoms with Crippen LogP contribution >= 0.6 is 0 Å². The maximum atomic E-state index is 11.8. The number of amides is 3. The average molecular weight is 289 g/mol. The van der Waals surface area contributed by atoms with E-state index in [1.165, 1.54) is 0 Å². The van der Waals surface area contributed by atoms with E-state index in [0.29, 0.717) is 6.42 Å². The standard InChI is InChI=1S/C15H19N3O3/c1-2-3-9-12-13(19)17-15(20)18(12)14(16)21-10-11-7-5-4-6-8-11/h4-8,12,16H,2-3,9-10H2,1H3,(H,17,19,20). The Kier molecular flexibility index (Phi) is 4.92. The number of carbonyl (C=O) groups is 2. The molecule has 0 bridgehead atoms. The van der Waals surface area contributed by atoms with E-state index in [9.17, 15) is 9.59 Å². The molecule has 6 heteroatoms. The topological polar surface area (TPSA) is 82.5 Å². The van der Waals surface area contributed by atoms with Crippen LogP contribution in [0.2, 0.25) is 0 Å². The van der Waals surface area contributed by atoms with E-state index in [4.69, 9.17) is 10.1 Å². The molecule has 112 valence electrons. The second-order valence-electron chi connectivity index (χ2n) is 4.90. The summed E-state index contributed by atoms with van der Waals surface area (Å²) < 4.78 is 5.34. The van der Waals surface area contributed by atoms with Gasteiger partial charge in [-0.3, -0.25) is 15.5 Å².